The van der Waals surface area contributed by atoms with E-state index >= 15 is 0 Å². The molecule has 0 amide bonds. The summed E-state index contributed by atoms with van der Waals surface area (Å²) in [4.78, 5) is 0. The van der Waals surface area contributed by atoms with Crippen molar-refractivity contribution in [1.29, 1.82) is 0 Å². The van der Waals surface area contributed by atoms with Crippen molar-refractivity contribution in [3.63, 3.8) is 0 Å². The quantitative estimate of drug-likeness (QED) is 0.625. The van der Waals surface area contributed by atoms with Crippen LogP contribution in [0.3, 0.4) is 0 Å². The molecule has 0 atom stereocenters. The van der Waals surface area contributed by atoms with Gasteiger partial charge in [0.2, 0.25) is 0 Å². The maximum Gasteiger partial charge on any atom is 0.146 e. The molecule has 2 aromatic rings. The summed E-state index contributed by atoms with van der Waals surface area (Å²) in [6, 6.07) is 11.4. The molecule has 0 spiro atoms. The minimum atomic E-state index is 0.408. The highest BCUT2D eigenvalue weighted by molar-refractivity contribution is 9.10. The molecule has 0 N–H and O–H groups in total. The van der Waals surface area contributed by atoms with Crippen LogP contribution in [0.4, 0.5) is 0 Å². The molecule has 0 saturated heterocycles. The molecule has 94 valence electrons. The van der Waals surface area contributed by atoms with Crippen molar-refractivity contribution in [3.05, 3.63) is 57.0 Å². The van der Waals surface area contributed by atoms with Crippen LogP contribution >= 0.6 is 39.1 Å². The van der Waals surface area contributed by atoms with Gasteiger partial charge in [-0.25, -0.2) is 0 Å². The highest BCUT2D eigenvalue weighted by atomic mass is 79.9. The van der Waals surface area contributed by atoms with Crippen molar-refractivity contribution in [2.75, 3.05) is 0 Å². The SMILES string of the molecule is Cc1ccc(Oc2ccc(Br)cc2Cl)c(CCl)c1. The van der Waals surface area contributed by atoms with Gasteiger partial charge in [0, 0.05) is 10.0 Å². The molecule has 0 aliphatic rings. The van der Waals surface area contributed by atoms with Crippen LogP contribution in [0.1, 0.15) is 11.1 Å². The van der Waals surface area contributed by atoms with E-state index in [0.29, 0.717) is 16.7 Å². The third-order valence-corrected chi connectivity index (χ3v) is 3.55. The van der Waals surface area contributed by atoms with Gasteiger partial charge in [-0.2, -0.15) is 0 Å². The predicted octanol–water partition coefficient (Wildman–Crippen LogP) is 5.94. The second-order valence-electron chi connectivity index (χ2n) is 3.92. The first kappa shape index (κ1) is 13.7. The third-order valence-electron chi connectivity index (χ3n) is 2.47. The number of alkyl halides is 1. The van der Waals surface area contributed by atoms with Crippen LogP contribution < -0.4 is 4.74 Å². The van der Waals surface area contributed by atoms with E-state index in [1.807, 2.05) is 37.3 Å². The number of aryl methyl sites for hydroxylation is 1. The molecule has 18 heavy (non-hydrogen) atoms. The van der Waals surface area contributed by atoms with Crippen molar-refractivity contribution in [2.45, 2.75) is 12.8 Å². The van der Waals surface area contributed by atoms with Gasteiger partial charge in [-0.3, -0.25) is 0 Å². The molecule has 0 saturated carbocycles. The zero-order chi connectivity index (χ0) is 13.1. The highest BCUT2D eigenvalue weighted by Crippen LogP contribution is 2.33. The fourth-order valence-electron chi connectivity index (χ4n) is 1.59. The van der Waals surface area contributed by atoms with Crippen LogP contribution in [-0.2, 0) is 5.88 Å². The predicted molar refractivity (Wildman–Crippen MR) is 80.0 cm³/mol. The van der Waals surface area contributed by atoms with Crippen molar-refractivity contribution < 1.29 is 4.74 Å². The van der Waals surface area contributed by atoms with Crippen LogP contribution in [0.15, 0.2) is 40.9 Å². The van der Waals surface area contributed by atoms with Crippen molar-refractivity contribution >= 4 is 39.1 Å². The Hall–Kier alpha value is -0.700. The van der Waals surface area contributed by atoms with Gasteiger partial charge in [-0.1, -0.05) is 45.2 Å². The third kappa shape index (κ3) is 3.19. The number of benzene rings is 2. The minimum absolute atomic E-state index is 0.408. The standard InChI is InChI=1S/C14H11BrCl2O/c1-9-2-4-13(10(6-9)8-16)18-14-5-3-11(15)7-12(14)17/h2-7H,8H2,1H3. The molecule has 4 heteroatoms. The van der Waals surface area contributed by atoms with E-state index in [9.17, 15) is 0 Å². The van der Waals surface area contributed by atoms with Gasteiger partial charge in [-0.15, -0.1) is 11.6 Å². The minimum Gasteiger partial charge on any atom is -0.455 e. The van der Waals surface area contributed by atoms with E-state index in [1.54, 1.807) is 6.07 Å². The molecule has 0 aliphatic heterocycles. The Morgan fingerprint density at radius 2 is 1.83 bits per heavy atom. The Morgan fingerprint density at radius 3 is 2.50 bits per heavy atom. The Morgan fingerprint density at radius 1 is 1.11 bits per heavy atom. The summed E-state index contributed by atoms with van der Waals surface area (Å²) in [6.07, 6.45) is 0. The first-order chi connectivity index (χ1) is 8.60. The summed E-state index contributed by atoms with van der Waals surface area (Å²) in [7, 11) is 0. The normalized spacial score (nSPS) is 10.4. The zero-order valence-corrected chi connectivity index (χ0v) is 12.8. The van der Waals surface area contributed by atoms with E-state index in [0.717, 1.165) is 21.3 Å². The average Bonchev–Trinajstić information content (AvgIpc) is 2.34. The molecular weight excluding hydrogens is 335 g/mol. The van der Waals surface area contributed by atoms with Crippen LogP contribution in [-0.4, -0.2) is 0 Å². The molecule has 2 rings (SSSR count). The van der Waals surface area contributed by atoms with Gasteiger partial charge in [0.05, 0.1) is 10.9 Å². The van der Waals surface area contributed by atoms with Gasteiger partial charge >= 0.3 is 0 Å². The summed E-state index contributed by atoms with van der Waals surface area (Å²) in [5.41, 5.74) is 2.11. The second-order valence-corrected chi connectivity index (χ2v) is 5.51. The van der Waals surface area contributed by atoms with E-state index in [1.165, 1.54) is 0 Å². The van der Waals surface area contributed by atoms with Gasteiger partial charge < -0.3 is 4.74 Å². The highest BCUT2D eigenvalue weighted by Gasteiger charge is 2.07. The topological polar surface area (TPSA) is 9.23 Å². The van der Waals surface area contributed by atoms with Crippen molar-refractivity contribution in [3.8, 4) is 11.5 Å². The van der Waals surface area contributed by atoms with E-state index in [-0.39, 0.29) is 0 Å². The number of ether oxygens (including phenoxy) is 1. The largest absolute Gasteiger partial charge is 0.455 e. The number of hydrogen-bond donors (Lipinski definition) is 0. The summed E-state index contributed by atoms with van der Waals surface area (Å²) < 4.78 is 6.72. The first-order valence-electron chi connectivity index (χ1n) is 5.38. The first-order valence-corrected chi connectivity index (χ1v) is 7.09. The maximum absolute atomic E-state index is 6.12. The van der Waals surface area contributed by atoms with Gasteiger partial charge in [-0.05, 0) is 31.2 Å². The molecule has 0 bridgehead atoms. The van der Waals surface area contributed by atoms with Crippen LogP contribution in [0, 0.1) is 6.92 Å². The van der Waals surface area contributed by atoms with Crippen LogP contribution in [0.2, 0.25) is 5.02 Å². The lowest BCUT2D eigenvalue weighted by Crippen LogP contribution is -1.91. The zero-order valence-electron chi connectivity index (χ0n) is 9.71. The lowest BCUT2D eigenvalue weighted by atomic mass is 10.1. The van der Waals surface area contributed by atoms with Gasteiger partial charge in [0.1, 0.15) is 11.5 Å². The smallest absolute Gasteiger partial charge is 0.146 e. The number of hydrogen-bond acceptors (Lipinski definition) is 1. The summed E-state index contributed by atoms with van der Waals surface area (Å²) in [5, 5.41) is 0.561. The molecule has 0 fully saturated rings. The molecule has 0 heterocycles. The second kappa shape index (κ2) is 5.96. The fourth-order valence-corrected chi connectivity index (χ4v) is 2.51. The molecule has 0 radical (unpaired) electrons. The van der Waals surface area contributed by atoms with E-state index in [2.05, 4.69) is 15.9 Å². The lowest BCUT2D eigenvalue weighted by Gasteiger charge is -2.11. The summed E-state index contributed by atoms with van der Waals surface area (Å²) in [5.74, 6) is 1.76. The Balaban J connectivity index is 2.33. The average molecular weight is 346 g/mol. The monoisotopic (exact) mass is 344 g/mol. The number of halogens is 3. The van der Waals surface area contributed by atoms with Gasteiger partial charge in [0.15, 0.2) is 0 Å². The Labute approximate surface area is 125 Å². The maximum atomic E-state index is 6.12. The van der Waals surface area contributed by atoms with Crippen molar-refractivity contribution in [1.82, 2.24) is 0 Å². The van der Waals surface area contributed by atoms with Crippen molar-refractivity contribution in [2.24, 2.45) is 0 Å². The lowest BCUT2D eigenvalue weighted by molar-refractivity contribution is 0.478. The van der Waals surface area contributed by atoms with Gasteiger partial charge in [0.25, 0.3) is 0 Å². The van der Waals surface area contributed by atoms with E-state index < -0.39 is 0 Å². The molecular formula is C14H11BrCl2O. The number of rotatable bonds is 3. The summed E-state index contributed by atoms with van der Waals surface area (Å²) >= 11 is 15.4. The van der Waals surface area contributed by atoms with Crippen LogP contribution in [0.25, 0.3) is 0 Å². The molecule has 0 aromatic heterocycles. The van der Waals surface area contributed by atoms with E-state index in [4.69, 9.17) is 27.9 Å². The molecule has 0 unspecified atom stereocenters. The molecule has 2 aromatic carbocycles. The van der Waals surface area contributed by atoms with Crippen LogP contribution in [0.5, 0.6) is 11.5 Å². The Kier molecular flexibility index (Phi) is 4.55. The molecule has 1 nitrogen and oxygen atoms in total. The summed E-state index contributed by atoms with van der Waals surface area (Å²) in [6.45, 7) is 2.02. The fraction of sp³-hybridized carbons (Fsp3) is 0.143. The Bertz CT molecular complexity index is 570. The molecule has 0 aliphatic carbocycles.